The van der Waals surface area contributed by atoms with Gasteiger partial charge in [-0.3, -0.25) is 4.79 Å². The lowest BCUT2D eigenvalue weighted by Crippen LogP contribution is -2.00. The molecular weight excluding hydrogens is 192 g/mol. The molecule has 0 rings (SSSR count). The molecule has 0 aliphatic carbocycles. The van der Waals surface area contributed by atoms with Crippen molar-refractivity contribution in [1.29, 1.82) is 0 Å². The van der Waals surface area contributed by atoms with Crippen LogP contribution in [-0.4, -0.2) is 12.3 Å². The van der Waals surface area contributed by atoms with Crippen molar-refractivity contribution in [3.05, 3.63) is 48.3 Å². The van der Waals surface area contributed by atoms with E-state index in [1.165, 1.54) is 6.92 Å². The average Bonchev–Trinajstić information content (AvgIpc) is 2.22. The highest BCUT2D eigenvalue weighted by atomic mass is 16.5. The number of allylic oxidation sites excluding steroid dienone is 4. The Morgan fingerprint density at radius 1 is 1.33 bits per heavy atom. The molecule has 15 heavy (non-hydrogen) atoms. The molecule has 3 nitrogen and oxygen atoms in total. The maximum absolute atomic E-state index is 11.0. The van der Waals surface area contributed by atoms with E-state index in [1.807, 2.05) is 0 Å². The summed E-state index contributed by atoms with van der Waals surface area (Å²) in [6.07, 6.45) is 4.85. The standard InChI is InChI=1S/C12H14O3/c1-5-10(4)6-11(7-13)8-15-12(14)9(2)3/h5-8H,1-2H2,3-4H3. The van der Waals surface area contributed by atoms with E-state index in [9.17, 15) is 9.59 Å². The molecule has 0 aliphatic rings. The predicted octanol–water partition coefficient (Wildman–Crippen LogP) is 2.32. The van der Waals surface area contributed by atoms with Crippen LogP contribution >= 0.6 is 0 Å². The SMILES string of the molecule is C=CC(C)=CC(C=O)=COC(=O)C(=C)C. The molecule has 0 spiro atoms. The average molecular weight is 206 g/mol. The Balaban J connectivity index is 4.62. The molecule has 0 N–H and O–H groups in total. The van der Waals surface area contributed by atoms with Crippen LogP contribution in [0.4, 0.5) is 0 Å². The number of carbonyl (C=O) groups is 2. The van der Waals surface area contributed by atoms with Crippen LogP contribution in [0, 0.1) is 0 Å². The highest BCUT2D eigenvalue weighted by Gasteiger charge is 2.01. The third-order valence-electron chi connectivity index (χ3n) is 1.50. The molecule has 0 radical (unpaired) electrons. The van der Waals surface area contributed by atoms with Crippen molar-refractivity contribution in [2.75, 3.05) is 0 Å². The number of hydrogen-bond donors (Lipinski definition) is 0. The van der Waals surface area contributed by atoms with Crippen molar-refractivity contribution >= 4 is 12.3 Å². The largest absolute Gasteiger partial charge is 0.430 e. The van der Waals surface area contributed by atoms with Gasteiger partial charge in [0.1, 0.15) is 6.26 Å². The molecule has 0 aliphatic heterocycles. The van der Waals surface area contributed by atoms with Crippen LogP contribution in [0.2, 0.25) is 0 Å². The van der Waals surface area contributed by atoms with Crippen LogP contribution in [-0.2, 0) is 14.3 Å². The Kier molecular flexibility index (Phi) is 5.71. The minimum absolute atomic E-state index is 0.266. The quantitative estimate of drug-likeness (QED) is 0.228. The number of aldehydes is 1. The fourth-order valence-corrected chi connectivity index (χ4v) is 0.640. The molecular formula is C12H14O3. The summed E-state index contributed by atoms with van der Waals surface area (Å²) in [5.41, 5.74) is 1.35. The topological polar surface area (TPSA) is 43.4 Å². The van der Waals surface area contributed by atoms with E-state index in [0.717, 1.165) is 11.8 Å². The first kappa shape index (κ1) is 13.1. The minimum atomic E-state index is -0.556. The van der Waals surface area contributed by atoms with Gasteiger partial charge in [-0.2, -0.15) is 0 Å². The van der Waals surface area contributed by atoms with E-state index in [0.29, 0.717) is 6.29 Å². The molecule has 0 heterocycles. The fraction of sp³-hybridized carbons (Fsp3) is 0.167. The van der Waals surface area contributed by atoms with Crippen LogP contribution in [0.5, 0.6) is 0 Å². The lowest BCUT2D eigenvalue weighted by Gasteiger charge is -1.98. The number of ether oxygens (including phenoxy) is 1. The van der Waals surface area contributed by atoms with E-state index in [2.05, 4.69) is 13.2 Å². The second-order valence-corrected chi connectivity index (χ2v) is 3.01. The highest BCUT2D eigenvalue weighted by molar-refractivity contribution is 5.88. The van der Waals surface area contributed by atoms with Gasteiger partial charge < -0.3 is 4.74 Å². The van der Waals surface area contributed by atoms with E-state index < -0.39 is 5.97 Å². The second-order valence-electron chi connectivity index (χ2n) is 3.01. The Morgan fingerprint density at radius 2 is 1.93 bits per heavy atom. The van der Waals surface area contributed by atoms with Crippen molar-refractivity contribution in [3.8, 4) is 0 Å². The lowest BCUT2D eigenvalue weighted by atomic mass is 10.2. The molecule has 0 fully saturated rings. The van der Waals surface area contributed by atoms with Crippen molar-refractivity contribution in [2.45, 2.75) is 13.8 Å². The Morgan fingerprint density at radius 3 is 2.33 bits per heavy atom. The van der Waals surface area contributed by atoms with Gasteiger partial charge in [0, 0.05) is 11.1 Å². The van der Waals surface area contributed by atoms with E-state index >= 15 is 0 Å². The normalized spacial score (nSPS) is 11.9. The molecule has 3 heteroatoms. The number of rotatable bonds is 5. The molecule has 80 valence electrons. The van der Waals surface area contributed by atoms with Crippen LogP contribution in [0.3, 0.4) is 0 Å². The second kappa shape index (κ2) is 6.54. The van der Waals surface area contributed by atoms with Crippen LogP contribution < -0.4 is 0 Å². The van der Waals surface area contributed by atoms with Crippen molar-refractivity contribution in [1.82, 2.24) is 0 Å². The zero-order valence-electron chi connectivity index (χ0n) is 8.95. The molecule has 0 saturated heterocycles. The molecule has 0 saturated carbocycles. The number of carbonyl (C=O) groups excluding carboxylic acids is 2. The number of hydrogen-bond acceptors (Lipinski definition) is 3. The summed E-state index contributed by atoms with van der Waals surface area (Å²) in [6, 6.07) is 0. The van der Waals surface area contributed by atoms with Gasteiger partial charge in [-0.25, -0.2) is 4.79 Å². The number of esters is 1. The van der Waals surface area contributed by atoms with E-state index in [1.54, 1.807) is 19.1 Å². The summed E-state index contributed by atoms with van der Waals surface area (Å²) < 4.78 is 4.69. The first-order chi connectivity index (χ1) is 7.01. The minimum Gasteiger partial charge on any atom is -0.430 e. The van der Waals surface area contributed by atoms with E-state index in [-0.39, 0.29) is 11.1 Å². The van der Waals surface area contributed by atoms with Crippen molar-refractivity contribution in [2.24, 2.45) is 0 Å². The molecule has 0 atom stereocenters. The molecule has 0 amide bonds. The van der Waals surface area contributed by atoms with Crippen LogP contribution in [0.1, 0.15) is 13.8 Å². The smallest absolute Gasteiger partial charge is 0.337 e. The molecule has 0 aromatic rings. The molecule has 0 aromatic heterocycles. The first-order valence-electron chi connectivity index (χ1n) is 4.33. The zero-order chi connectivity index (χ0) is 11.8. The van der Waals surface area contributed by atoms with Crippen molar-refractivity contribution < 1.29 is 14.3 Å². The van der Waals surface area contributed by atoms with Gasteiger partial charge in [0.25, 0.3) is 0 Å². The van der Waals surface area contributed by atoms with Gasteiger partial charge in [-0.1, -0.05) is 24.8 Å². The maximum atomic E-state index is 11.0. The van der Waals surface area contributed by atoms with Gasteiger partial charge in [-0.15, -0.1) is 0 Å². The highest BCUT2D eigenvalue weighted by Crippen LogP contribution is 2.02. The van der Waals surface area contributed by atoms with Gasteiger partial charge in [0.15, 0.2) is 6.29 Å². The summed E-state index contributed by atoms with van der Waals surface area (Å²) in [7, 11) is 0. The zero-order valence-corrected chi connectivity index (χ0v) is 8.95. The Bertz CT molecular complexity index is 346. The fourth-order valence-electron chi connectivity index (χ4n) is 0.640. The van der Waals surface area contributed by atoms with E-state index in [4.69, 9.17) is 4.74 Å². The van der Waals surface area contributed by atoms with Crippen LogP contribution in [0.25, 0.3) is 0 Å². The maximum Gasteiger partial charge on any atom is 0.337 e. The summed E-state index contributed by atoms with van der Waals surface area (Å²) >= 11 is 0. The van der Waals surface area contributed by atoms with Gasteiger partial charge in [-0.05, 0) is 19.9 Å². The third-order valence-corrected chi connectivity index (χ3v) is 1.50. The van der Waals surface area contributed by atoms with Crippen molar-refractivity contribution in [3.63, 3.8) is 0 Å². The monoisotopic (exact) mass is 206 g/mol. The summed E-state index contributed by atoms with van der Waals surface area (Å²) in [5.74, 6) is -0.556. The predicted molar refractivity (Wildman–Crippen MR) is 59.0 cm³/mol. The Hall–Kier alpha value is -1.90. The summed E-state index contributed by atoms with van der Waals surface area (Å²) in [5, 5.41) is 0. The summed E-state index contributed by atoms with van der Waals surface area (Å²) in [4.78, 5) is 21.6. The van der Waals surface area contributed by atoms with Gasteiger partial charge in [0.2, 0.25) is 0 Å². The van der Waals surface area contributed by atoms with Gasteiger partial charge >= 0.3 is 5.97 Å². The first-order valence-corrected chi connectivity index (χ1v) is 4.33. The van der Waals surface area contributed by atoms with Crippen LogP contribution in [0.15, 0.2) is 48.3 Å². The molecule has 0 aromatic carbocycles. The lowest BCUT2D eigenvalue weighted by molar-refractivity contribution is -0.133. The molecule has 0 bridgehead atoms. The molecule has 0 unspecified atom stereocenters. The third kappa shape index (κ3) is 5.41. The summed E-state index contributed by atoms with van der Waals surface area (Å²) in [6.45, 7) is 10.3. The van der Waals surface area contributed by atoms with Gasteiger partial charge in [0.05, 0.1) is 0 Å². The Labute approximate surface area is 89.4 Å².